The molecule has 0 radical (unpaired) electrons. The Morgan fingerprint density at radius 2 is 1.96 bits per heavy atom. The second-order valence-electron chi connectivity index (χ2n) is 6.88. The summed E-state index contributed by atoms with van der Waals surface area (Å²) in [5.41, 5.74) is 6.84. The van der Waals surface area contributed by atoms with Gasteiger partial charge in [-0.15, -0.1) is 11.3 Å². The monoisotopic (exact) mass is 404 g/mol. The molecule has 2 aromatic rings. The molecule has 0 saturated carbocycles. The molecule has 0 atom stereocenters. The van der Waals surface area contributed by atoms with Crippen LogP contribution in [0.5, 0.6) is 0 Å². The molecule has 2 amide bonds. The smallest absolute Gasteiger partial charge is 0.280 e. The Kier molecular flexibility index (Phi) is 7.55. The summed E-state index contributed by atoms with van der Waals surface area (Å²) in [7, 11) is 0. The van der Waals surface area contributed by atoms with E-state index in [9.17, 15) is 9.59 Å². The molecule has 28 heavy (non-hydrogen) atoms. The number of nitrogens with one attached hydrogen (secondary N) is 2. The number of quaternary nitrogens is 2. The van der Waals surface area contributed by atoms with Crippen molar-refractivity contribution in [2.24, 2.45) is 5.73 Å². The van der Waals surface area contributed by atoms with Crippen molar-refractivity contribution >= 4 is 28.2 Å². The molecule has 2 heterocycles. The van der Waals surface area contributed by atoms with Gasteiger partial charge in [-0.2, -0.15) is 0 Å². The number of carbonyl (C=O) groups is 2. The van der Waals surface area contributed by atoms with Gasteiger partial charge in [0.05, 0.1) is 31.9 Å². The van der Waals surface area contributed by atoms with E-state index in [2.05, 4.69) is 5.32 Å². The van der Waals surface area contributed by atoms with Crippen molar-refractivity contribution in [2.75, 3.05) is 51.3 Å². The molecule has 0 spiro atoms. The van der Waals surface area contributed by atoms with Crippen LogP contribution in [0.3, 0.4) is 0 Å². The van der Waals surface area contributed by atoms with E-state index in [0.717, 1.165) is 56.3 Å². The number of hydrogen-bond acceptors (Lipinski definition) is 4. The molecule has 8 heteroatoms. The lowest BCUT2D eigenvalue weighted by Gasteiger charge is -2.23. The van der Waals surface area contributed by atoms with Crippen LogP contribution in [-0.4, -0.2) is 57.8 Å². The van der Waals surface area contributed by atoms with Crippen LogP contribution < -0.4 is 21.3 Å². The van der Waals surface area contributed by atoms with Crippen molar-refractivity contribution in [3.8, 4) is 10.4 Å². The highest BCUT2D eigenvalue weighted by Gasteiger charge is 2.18. The fraction of sp³-hybridized carbons (Fsp3) is 0.400. The standard InChI is InChI=1S/C20H26N4O3S/c21-19(26)16-13-17(15-5-2-1-3-6-15)28-20(16)23-18(25)14-22-7-4-8-24-9-11-27-12-10-24/h1-3,5-6,13,22H,4,7-12,14H2,(H2,21,26)(H,23,25)/p+2. The van der Waals surface area contributed by atoms with E-state index >= 15 is 0 Å². The number of carbonyl (C=O) groups excluding carboxylic acids is 2. The van der Waals surface area contributed by atoms with Gasteiger partial charge in [-0.25, -0.2) is 0 Å². The number of morpholine rings is 1. The Balaban J connectivity index is 1.47. The first-order valence-electron chi connectivity index (χ1n) is 9.65. The van der Waals surface area contributed by atoms with Crippen LogP contribution >= 0.6 is 11.3 Å². The van der Waals surface area contributed by atoms with Crippen molar-refractivity contribution in [2.45, 2.75) is 6.42 Å². The van der Waals surface area contributed by atoms with E-state index in [1.165, 1.54) is 11.3 Å². The third kappa shape index (κ3) is 5.87. The predicted molar refractivity (Wildman–Crippen MR) is 110 cm³/mol. The minimum Gasteiger partial charge on any atom is -0.370 e. The zero-order valence-electron chi connectivity index (χ0n) is 15.9. The maximum absolute atomic E-state index is 12.3. The van der Waals surface area contributed by atoms with Crippen molar-refractivity contribution in [1.82, 2.24) is 0 Å². The molecule has 3 rings (SSSR count). The number of primary amides is 1. The van der Waals surface area contributed by atoms with Gasteiger partial charge in [0.2, 0.25) is 0 Å². The number of amides is 2. The SMILES string of the molecule is NC(=O)c1cc(-c2ccccc2)sc1NC(=O)C[NH2+]CCC[NH+]1CCOCC1. The number of rotatable bonds is 9. The number of benzene rings is 1. The van der Waals surface area contributed by atoms with Crippen LogP contribution in [-0.2, 0) is 9.53 Å². The van der Waals surface area contributed by atoms with Crippen LogP contribution in [0, 0.1) is 0 Å². The van der Waals surface area contributed by atoms with E-state index in [1.807, 2.05) is 35.6 Å². The predicted octanol–water partition coefficient (Wildman–Crippen LogP) is -0.679. The fourth-order valence-corrected chi connectivity index (χ4v) is 4.31. The van der Waals surface area contributed by atoms with Crippen molar-refractivity contribution in [1.29, 1.82) is 0 Å². The Morgan fingerprint density at radius 3 is 2.68 bits per heavy atom. The molecule has 6 N–H and O–H groups in total. The van der Waals surface area contributed by atoms with Crippen LogP contribution in [0.1, 0.15) is 16.8 Å². The minimum atomic E-state index is -0.536. The van der Waals surface area contributed by atoms with E-state index in [1.54, 1.807) is 11.0 Å². The van der Waals surface area contributed by atoms with Crippen molar-refractivity contribution < 1.29 is 24.5 Å². The first kappa shape index (κ1) is 20.5. The van der Waals surface area contributed by atoms with Gasteiger partial charge in [0.25, 0.3) is 11.8 Å². The van der Waals surface area contributed by atoms with Gasteiger partial charge in [0.1, 0.15) is 18.1 Å². The molecule has 0 aliphatic carbocycles. The van der Waals surface area contributed by atoms with Gasteiger partial charge < -0.3 is 26.0 Å². The van der Waals surface area contributed by atoms with Crippen LogP contribution in [0.2, 0.25) is 0 Å². The van der Waals surface area contributed by atoms with E-state index < -0.39 is 5.91 Å². The summed E-state index contributed by atoms with van der Waals surface area (Å²) in [4.78, 5) is 26.5. The molecule has 7 nitrogen and oxygen atoms in total. The van der Waals surface area contributed by atoms with Gasteiger partial charge in [-0.1, -0.05) is 30.3 Å². The first-order chi connectivity index (χ1) is 13.6. The second-order valence-corrected chi connectivity index (χ2v) is 7.93. The number of nitrogens with two attached hydrogens (primary N) is 2. The molecule has 0 bridgehead atoms. The van der Waals surface area contributed by atoms with Gasteiger partial charge >= 0.3 is 0 Å². The lowest BCUT2D eigenvalue weighted by atomic mass is 10.1. The van der Waals surface area contributed by atoms with E-state index in [-0.39, 0.29) is 5.91 Å². The van der Waals surface area contributed by atoms with Crippen LogP contribution in [0.15, 0.2) is 36.4 Å². The Bertz CT molecular complexity index is 788. The Morgan fingerprint density at radius 1 is 1.21 bits per heavy atom. The Labute approximate surface area is 168 Å². The second kappa shape index (κ2) is 10.3. The molecule has 1 aliphatic heterocycles. The topological polar surface area (TPSA) is 102 Å². The highest BCUT2D eigenvalue weighted by atomic mass is 32.1. The molecule has 0 unspecified atom stereocenters. The molecule has 1 fully saturated rings. The normalized spacial score (nSPS) is 14.7. The highest BCUT2D eigenvalue weighted by Crippen LogP contribution is 2.35. The molecule has 1 aliphatic rings. The lowest BCUT2D eigenvalue weighted by Crippen LogP contribution is -3.14. The van der Waals surface area contributed by atoms with E-state index in [0.29, 0.717) is 17.1 Å². The molecule has 1 aromatic carbocycles. The molecule has 1 aromatic heterocycles. The zero-order chi connectivity index (χ0) is 19.8. The molecular weight excluding hydrogens is 376 g/mol. The summed E-state index contributed by atoms with van der Waals surface area (Å²) in [6, 6.07) is 11.5. The number of hydrogen-bond donors (Lipinski definition) is 4. The summed E-state index contributed by atoms with van der Waals surface area (Å²) in [6.07, 6.45) is 1.06. The summed E-state index contributed by atoms with van der Waals surface area (Å²) in [5.74, 6) is -0.658. The first-order valence-corrected chi connectivity index (χ1v) is 10.5. The van der Waals surface area contributed by atoms with Gasteiger partial charge in [-0.05, 0) is 11.6 Å². The average molecular weight is 405 g/mol. The largest absolute Gasteiger partial charge is 0.370 e. The summed E-state index contributed by atoms with van der Waals surface area (Å²) in [6.45, 7) is 6.16. The van der Waals surface area contributed by atoms with Crippen LogP contribution in [0.4, 0.5) is 5.00 Å². The van der Waals surface area contributed by atoms with Gasteiger partial charge in [-0.3, -0.25) is 9.59 Å². The number of anilines is 1. The average Bonchev–Trinajstić information content (AvgIpc) is 3.13. The van der Waals surface area contributed by atoms with Gasteiger partial charge in [0.15, 0.2) is 6.54 Å². The summed E-state index contributed by atoms with van der Waals surface area (Å²) >= 11 is 1.37. The highest BCUT2D eigenvalue weighted by molar-refractivity contribution is 7.20. The maximum Gasteiger partial charge on any atom is 0.280 e. The molecule has 1 saturated heterocycles. The lowest BCUT2D eigenvalue weighted by molar-refractivity contribution is -0.909. The molecule has 150 valence electrons. The number of ether oxygens (including phenoxy) is 1. The number of thiophene rings is 1. The summed E-state index contributed by atoms with van der Waals surface area (Å²) in [5, 5.41) is 5.37. The quantitative estimate of drug-likeness (QED) is 0.417. The van der Waals surface area contributed by atoms with Crippen molar-refractivity contribution in [3.63, 3.8) is 0 Å². The Hall–Kier alpha value is -2.26. The third-order valence-corrected chi connectivity index (χ3v) is 5.88. The zero-order valence-corrected chi connectivity index (χ0v) is 16.7. The van der Waals surface area contributed by atoms with Crippen LogP contribution in [0.25, 0.3) is 10.4 Å². The molecular formula is C20H28N4O3S+2. The van der Waals surface area contributed by atoms with Crippen molar-refractivity contribution in [3.05, 3.63) is 42.0 Å². The summed E-state index contributed by atoms with van der Waals surface area (Å²) < 4.78 is 5.36. The third-order valence-electron chi connectivity index (χ3n) is 4.78. The maximum atomic E-state index is 12.3. The minimum absolute atomic E-state index is 0.123. The van der Waals surface area contributed by atoms with E-state index in [4.69, 9.17) is 10.5 Å². The fourth-order valence-electron chi connectivity index (χ4n) is 3.23. The van der Waals surface area contributed by atoms with Gasteiger partial charge in [0, 0.05) is 11.3 Å².